The lowest BCUT2D eigenvalue weighted by molar-refractivity contribution is 0.0434. The van der Waals surface area contributed by atoms with Gasteiger partial charge >= 0.3 is 11.7 Å². The van der Waals surface area contributed by atoms with Crippen molar-refractivity contribution in [2.75, 3.05) is 13.2 Å². The highest BCUT2D eigenvalue weighted by molar-refractivity contribution is 5.93. The first-order chi connectivity index (χ1) is 7.70. The minimum Gasteiger partial charge on any atom is -0.460 e. The number of carbonyl (C=O) groups excluding carboxylic acids is 1. The number of nitrogens with one attached hydrogen (secondary N) is 1. The van der Waals surface area contributed by atoms with Gasteiger partial charge in [0, 0.05) is 0 Å². The van der Waals surface area contributed by atoms with E-state index in [9.17, 15) is 9.59 Å². The topological polar surface area (TPSA) is 92.5 Å². The van der Waals surface area contributed by atoms with Crippen LogP contribution in [-0.2, 0) is 4.74 Å². The predicted octanol–water partition coefficient (Wildman–Crippen LogP) is 0.270. The molecule has 0 fully saturated rings. The number of aliphatic hydroxyl groups excluding tert-OH is 1. The second kappa shape index (κ2) is 4.19. The summed E-state index contributed by atoms with van der Waals surface area (Å²) in [6.07, 6.45) is 0. The van der Waals surface area contributed by atoms with Crippen LogP contribution in [0.3, 0.4) is 0 Å². The highest BCUT2D eigenvalue weighted by Gasteiger charge is 2.09. The Kier molecular flexibility index (Phi) is 2.74. The quantitative estimate of drug-likeness (QED) is 0.728. The fraction of sp³-hybridized carbons (Fsp3) is 0.200. The van der Waals surface area contributed by atoms with Gasteiger partial charge in [-0.25, -0.2) is 9.59 Å². The lowest BCUT2D eigenvalue weighted by atomic mass is 10.2. The fourth-order valence-electron chi connectivity index (χ4n) is 1.30. The number of H-pyrrole nitrogens is 1. The number of rotatable bonds is 3. The van der Waals surface area contributed by atoms with E-state index in [1.165, 1.54) is 18.2 Å². The van der Waals surface area contributed by atoms with Crippen molar-refractivity contribution in [3.8, 4) is 0 Å². The maximum Gasteiger partial charge on any atom is 0.417 e. The summed E-state index contributed by atoms with van der Waals surface area (Å²) in [5.41, 5.74) is 1.10. The summed E-state index contributed by atoms with van der Waals surface area (Å²) in [5.74, 6) is -1.13. The maximum absolute atomic E-state index is 11.4. The van der Waals surface area contributed by atoms with E-state index in [2.05, 4.69) is 4.98 Å². The first kappa shape index (κ1) is 10.4. The van der Waals surface area contributed by atoms with Crippen molar-refractivity contribution in [3.63, 3.8) is 0 Å². The summed E-state index contributed by atoms with van der Waals surface area (Å²) in [4.78, 5) is 24.7. The molecule has 0 atom stereocenters. The van der Waals surface area contributed by atoms with Gasteiger partial charge in [-0.2, -0.15) is 0 Å². The summed E-state index contributed by atoms with van der Waals surface area (Å²) in [6.45, 7) is -0.282. The zero-order valence-electron chi connectivity index (χ0n) is 8.23. The minimum atomic E-state index is -0.573. The first-order valence-electron chi connectivity index (χ1n) is 4.61. The number of ether oxygens (including phenoxy) is 1. The molecule has 0 aliphatic heterocycles. The molecular weight excluding hydrogens is 214 g/mol. The van der Waals surface area contributed by atoms with Gasteiger partial charge in [-0.15, -0.1) is 0 Å². The molecule has 6 nitrogen and oxygen atoms in total. The molecule has 16 heavy (non-hydrogen) atoms. The van der Waals surface area contributed by atoms with Gasteiger partial charge in [-0.3, -0.25) is 4.98 Å². The molecule has 1 heterocycles. The molecule has 0 aliphatic carbocycles. The number of hydrogen-bond donors (Lipinski definition) is 2. The molecule has 0 bridgehead atoms. The normalized spacial score (nSPS) is 10.6. The first-order valence-corrected chi connectivity index (χ1v) is 4.61. The van der Waals surface area contributed by atoms with Crippen molar-refractivity contribution >= 4 is 17.1 Å². The van der Waals surface area contributed by atoms with Crippen molar-refractivity contribution in [1.29, 1.82) is 0 Å². The van der Waals surface area contributed by atoms with Gasteiger partial charge in [-0.1, -0.05) is 0 Å². The molecule has 0 saturated heterocycles. The lowest BCUT2D eigenvalue weighted by Gasteiger charge is -2.01. The van der Waals surface area contributed by atoms with Crippen LogP contribution in [0, 0.1) is 0 Å². The molecule has 84 valence electrons. The highest BCUT2D eigenvalue weighted by atomic mass is 16.5. The number of fused-ring (bicyclic) bond motifs is 1. The van der Waals surface area contributed by atoms with Gasteiger partial charge in [0.05, 0.1) is 17.7 Å². The van der Waals surface area contributed by atoms with Crippen molar-refractivity contribution in [2.45, 2.75) is 0 Å². The molecule has 1 aromatic heterocycles. The third-order valence-electron chi connectivity index (χ3n) is 1.98. The van der Waals surface area contributed by atoms with E-state index in [-0.39, 0.29) is 18.8 Å². The van der Waals surface area contributed by atoms with Crippen LogP contribution in [0.5, 0.6) is 0 Å². The molecule has 0 spiro atoms. The van der Waals surface area contributed by atoms with Crippen LogP contribution < -0.4 is 5.76 Å². The molecule has 0 unspecified atom stereocenters. The van der Waals surface area contributed by atoms with Crippen LogP contribution in [0.25, 0.3) is 11.1 Å². The zero-order valence-corrected chi connectivity index (χ0v) is 8.23. The van der Waals surface area contributed by atoms with Gasteiger partial charge < -0.3 is 14.3 Å². The highest BCUT2D eigenvalue weighted by Crippen LogP contribution is 2.12. The second-order valence-electron chi connectivity index (χ2n) is 3.08. The summed E-state index contributed by atoms with van der Waals surface area (Å²) in [5, 5.41) is 8.50. The van der Waals surface area contributed by atoms with Gasteiger partial charge in [-0.05, 0) is 18.2 Å². The summed E-state index contributed by atoms with van der Waals surface area (Å²) in [7, 11) is 0. The van der Waals surface area contributed by atoms with Crippen LogP contribution in [-0.4, -0.2) is 29.3 Å². The van der Waals surface area contributed by atoms with Crippen molar-refractivity contribution in [2.24, 2.45) is 0 Å². The van der Waals surface area contributed by atoms with Gasteiger partial charge in [0.15, 0.2) is 5.58 Å². The zero-order chi connectivity index (χ0) is 11.5. The van der Waals surface area contributed by atoms with Gasteiger partial charge in [0.2, 0.25) is 0 Å². The molecular formula is C10H9NO5. The molecule has 2 N–H and O–H groups in total. The predicted molar refractivity (Wildman–Crippen MR) is 54.2 cm³/mol. The van der Waals surface area contributed by atoms with Crippen LogP contribution >= 0.6 is 0 Å². The molecule has 2 rings (SSSR count). The van der Waals surface area contributed by atoms with Gasteiger partial charge in [0.1, 0.15) is 6.61 Å². The molecule has 0 aliphatic rings. The average molecular weight is 223 g/mol. The molecule has 1 aromatic carbocycles. The Hall–Kier alpha value is -2.08. The van der Waals surface area contributed by atoms with E-state index >= 15 is 0 Å². The number of aromatic nitrogens is 1. The molecule has 0 amide bonds. The minimum absolute atomic E-state index is 0.0568. The number of carbonyl (C=O) groups is 1. The van der Waals surface area contributed by atoms with E-state index < -0.39 is 11.7 Å². The van der Waals surface area contributed by atoms with E-state index in [4.69, 9.17) is 14.3 Å². The number of oxazole rings is 1. The smallest absolute Gasteiger partial charge is 0.417 e. The summed E-state index contributed by atoms with van der Waals surface area (Å²) in [6, 6.07) is 4.45. The van der Waals surface area contributed by atoms with E-state index in [1.54, 1.807) is 0 Å². The monoisotopic (exact) mass is 223 g/mol. The van der Waals surface area contributed by atoms with E-state index in [0.29, 0.717) is 11.1 Å². The number of aliphatic hydroxyl groups is 1. The number of aromatic amines is 1. The Morgan fingerprint density at radius 1 is 1.50 bits per heavy atom. The summed E-state index contributed by atoms with van der Waals surface area (Å²) >= 11 is 0. The Labute approximate surface area is 89.5 Å². The number of benzene rings is 1. The fourth-order valence-corrected chi connectivity index (χ4v) is 1.30. The Bertz CT molecular complexity index is 568. The lowest BCUT2D eigenvalue weighted by Crippen LogP contribution is -2.08. The average Bonchev–Trinajstić information content (AvgIpc) is 2.64. The Balaban J connectivity index is 2.31. The van der Waals surface area contributed by atoms with Gasteiger partial charge in [0.25, 0.3) is 0 Å². The number of hydrogen-bond acceptors (Lipinski definition) is 5. The van der Waals surface area contributed by atoms with Crippen molar-refractivity contribution in [3.05, 3.63) is 34.3 Å². The largest absolute Gasteiger partial charge is 0.460 e. The third kappa shape index (κ3) is 1.96. The SMILES string of the molecule is O=C(OCCO)c1ccc2oc(=O)[nH]c2c1. The van der Waals surface area contributed by atoms with Crippen LogP contribution in [0.15, 0.2) is 27.4 Å². The molecule has 0 saturated carbocycles. The van der Waals surface area contributed by atoms with Crippen LogP contribution in [0.1, 0.15) is 10.4 Å². The Morgan fingerprint density at radius 2 is 2.31 bits per heavy atom. The second-order valence-corrected chi connectivity index (χ2v) is 3.08. The maximum atomic E-state index is 11.4. The van der Waals surface area contributed by atoms with Crippen molar-refractivity contribution in [1.82, 2.24) is 4.98 Å². The van der Waals surface area contributed by atoms with Crippen LogP contribution in [0.2, 0.25) is 0 Å². The Morgan fingerprint density at radius 3 is 3.06 bits per heavy atom. The third-order valence-corrected chi connectivity index (χ3v) is 1.98. The molecule has 0 radical (unpaired) electrons. The molecule has 2 aromatic rings. The summed E-state index contributed by atoms with van der Waals surface area (Å²) < 4.78 is 9.50. The van der Waals surface area contributed by atoms with Crippen LogP contribution in [0.4, 0.5) is 0 Å². The van der Waals surface area contributed by atoms with E-state index in [1.807, 2.05) is 0 Å². The van der Waals surface area contributed by atoms with E-state index in [0.717, 1.165) is 0 Å². The number of esters is 1. The molecule has 6 heteroatoms. The van der Waals surface area contributed by atoms with Crippen molar-refractivity contribution < 1.29 is 19.1 Å². The standard InChI is InChI=1S/C10H9NO5/c12-3-4-15-9(13)6-1-2-8-7(5-6)11-10(14)16-8/h1-2,5,12H,3-4H2,(H,11,14).